The first-order valence-corrected chi connectivity index (χ1v) is 18.6. The Balaban J connectivity index is 0.000000169. The van der Waals surface area contributed by atoms with Gasteiger partial charge in [0, 0.05) is 13.1 Å². The zero-order chi connectivity index (χ0) is 38.6. The normalized spacial score (nSPS) is 28.8. The van der Waals surface area contributed by atoms with Crippen molar-refractivity contribution in [1.29, 1.82) is 0 Å². The Morgan fingerprint density at radius 2 is 1.15 bits per heavy atom. The maximum Gasteiger partial charge on any atom is 0.321 e. The zero-order valence-electron chi connectivity index (χ0n) is 29.4. The molecule has 1 radical (unpaired) electrons. The summed E-state index contributed by atoms with van der Waals surface area (Å²) in [6, 6.07) is 18.5. The van der Waals surface area contributed by atoms with Crippen LogP contribution < -0.4 is 27.4 Å². The fourth-order valence-corrected chi connectivity index (χ4v) is 7.94. The van der Waals surface area contributed by atoms with Crippen molar-refractivity contribution in [2.45, 2.75) is 31.0 Å². The van der Waals surface area contributed by atoms with Crippen molar-refractivity contribution in [1.82, 2.24) is 20.4 Å². The second-order valence-corrected chi connectivity index (χ2v) is 14.2. The largest absolute Gasteiger partial charge is 0.370 e. The minimum absolute atomic E-state index is 0.0662. The average molecular weight is 815 g/mol. The van der Waals surface area contributed by atoms with Crippen LogP contribution in [0.3, 0.4) is 0 Å². The van der Waals surface area contributed by atoms with Gasteiger partial charge in [0.2, 0.25) is 11.8 Å². The molecule has 0 aromatic heterocycles. The fraction of sp³-hybridized carbons (Fsp3) is 0.351. The quantitative estimate of drug-likeness (QED) is 0.0724. The van der Waals surface area contributed by atoms with Crippen molar-refractivity contribution >= 4 is 68.0 Å². The number of imide groups is 2. The topological polar surface area (TPSA) is 235 Å². The van der Waals surface area contributed by atoms with Gasteiger partial charge in [-0.25, -0.2) is 4.79 Å². The number of carbonyl (C=O) groups is 5. The molecule has 0 aliphatic carbocycles. The number of benzene rings is 2. The maximum atomic E-state index is 12.5. The summed E-state index contributed by atoms with van der Waals surface area (Å²) in [7, 11) is 0. The van der Waals surface area contributed by atoms with Crippen molar-refractivity contribution < 1.29 is 33.4 Å². The summed E-state index contributed by atoms with van der Waals surface area (Å²) in [4.78, 5) is 76.6. The molecule has 6 aliphatic rings. The van der Waals surface area contributed by atoms with Gasteiger partial charge in [0.25, 0.3) is 0 Å². The van der Waals surface area contributed by atoms with E-state index in [0.29, 0.717) is 11.3 Å². The molecule has 0 saturated carbocycles. The molecule has 55 heavy (non-hydrogen) atoms. The summed E-state index contributed by atoms with van der Waals surface area (Å²) in [6.45, 7) is 0.991. The van der Waals surface area contributed by atoms with Crippen LogP contribution in [0.15, 0.2) is 99.9 Å². The number of amides is 6. The number of carbonyl (C=O) groups excluding carboxylic acids is 5. The van der Waals surface area contributed by atoms with Gasteiger partial charge >= 0.3 is 170 Å². The van der Waals surface area contributed by atoms with E-state index >= 15 is 0 Å². The van der Waals surface area contributed by atoms with Crippen LogP contribution in [0.25, 0.3) is 0 Å². The summed E-state index contributed by atoms with van der Waals surface area (Å²) in [5.41, 5.74) is 13.3. The zero-order valence-corrected chi connectivity index (χ0v) is 31.1. The van der Waals surface area contributed by atoms with Gasteiger partial charge in [0.05, 0.1) is 30.6 Å². The van der Waals surface area contributed by atoms with E-state index in [4.69, 9.17) is 20.9 Å². The number of nitrogens with one attached hydrogen (secondary N) is 3. The maximum absolute atomic E-state index is 12.5. The number of urea groups is 1. The number of guanidine groups is 2. The summed E-state index contributed by atoms with van der Waals surface area (Å²) in [5.74, 6) is -2.47. The Hall–Kier alpha value is -5.68. The molecule has 18 heteroatoms. The Morgan fingerprint density at radius 3 is 1.64 bits per heavy atom. The van der Waals surface area contributed by atoms with E-state index in [0.717, 1.165) is 11.3 Å². The van der Waals surface area contributed by atoms with E-state index in [1.807, 2.05) is 85.0 Å². The number of fused-ring (bicyclic) bond motifs is 10. The molecule has 285 valence electrons. The Morgan fingerprint density at radius 1 is 0.691 bits per heavy atom. The van der Waals surface area contributed by atoms with Crippen LogP contribution >= 0.6 is 0 Å². The molecule has 6 amide bonds. The molecule has 8 rings (SSSR count). The van der Waals surface area contributed by atoms with Crippen LogP contribution in [0.4, 0.5) is 10.5 Å². The predicted molar refractivity (Wildman–Crippen MR) is 201 cm³/mol. The van der Waals surface area contributed by atoms with Crippen molar-refractivity contribution in [3.05, 3.63) is 90.5 Å². The summed E-state index contributed by atoms with van der Waals surface area (Å²) < 4.78 is 11.7. The molecule has 6 heterocycles. The number of amidine groups is 1. The smallest absolute Gasteiger partial charge is 0.321 e. The van der Waals surface area contributed by atoms with Crippen LogP contribution in [-0.4, -0.2) is 123 Å². The molecule has 4 bridgehead atoms. The summed E-state index contributed by atoms with van der Waals surface area (Å²) in [5, 5.41) is 8.15. The van der Waals surface area contributed by atoms with Crippen molar-refractivity contribution in [2.75, 3.05) is 31.5 Å². The number of likely N-dealkylation sites (tertiary alicyclic amines) is 2. The van der Waals surface area contributed by atoms with Crippen LogP contribution in [0.5, 0.6) is 0 Å². The molecular formula is C37H39N10O7Se. The third-order valence-electron chi connectivity index (χ3n) is 9.99. The third-order valence-corrected chi connectivity index (χ3v) is 10.4. The monoisotopic (exact) mass is 815 g/mol. The number of nitrogens with two attached hydrogens (primary N) is 2. The second-order valence-electron chi connectivity index (χ2n) is 13.4. The standard InChI is InChI=1S/C19H21N5O4.C18H18N5O3Se/c20-18(23-19(27)22-10-11-4-2-1-3-5-11)21-8-9-24-16(25)14-12-6-7-13(28-12)15(14)17(24)26;19-17(22-18(27)21-10-4-2-1-3-5-10)20-8-9-23-15(24)13-11-6-7-12(26-11)14(13)16(23)25/h1-7,12-15H,8-10H2,(H4,20,21,22,23,27);1-7,11-14H,8-9H2,(H3,19,20,21,22). The summed E-state index contributed by atoms with van der Waals surface area (Å²) >= 11 is 2.78. The minimum atomic E-state index is -0.479. The van der Waals surface area contributed by atoms with Crippen LogP contribution in [-0.2, 0) is 35.2 Å². The number of hydrogen-bond donors (Lipinski definition) is 5. The molecular weight excluding hydrogens is 775 g/mol. The number of aliphatic imine (C=N–C) groups is 3. The van der Waals surface area contributed by atoms with Crippen molar-refractivity contribution in [3.8, 4) is 0 Å². The summed E-state index contributed by atoms with van der Waals surface area (Å²) in [6.07, 6.45) is 6.25. The van der Waals surface area contributed by atoms with Gasteiger partial charge < -0.3 is 15.8 Å². The molecule has 0 spiro atoms. The number of nitrogens with zero attached hydrogens (tertiary/aromatic N) is 5. The molecule has 2 aromatic carbocycles. The Kier molecular flexibility index (Phi) is 11.2. The second kappa shape index (κ2) is 16.4. The van der Waals surface area contributed by atoms with Gasteiger partial charge in [-0.1, -0.05) is 42.5 Å². The van der Waals surface area contributed by atoms with E-state index in [-0.39, 0.29) is 86.1 Å². The fourth-order valence-electron chi connectivity index (χ4n) is 7.50. The molecule has 7 N–H and O–H groups in total. The van der Waals surface area contributed by atoms with Crippen LogP contribution in [0, 0.1) is 23.7 Å². The van der Waals surface area contributed by atoms with Gasteiger partial charge in [0.1, 0.15) is 0 Å². The van der Waals surface area contributed by atoms with Crippen LogP contribution in [0.2, 0.25) is 0 Å². The van der Waals surface area contributed by atoms with Crippen molar-refractivity contribution in [3.63, 3.8) is 0 Å². The number of hydrogen-bond acceptors (Lipinski definition) is 9. The number of para-hydroxylation sites is 1. The third kappa shape index (κ3) is 8.07. The predicted octanol–water partition coefficient (Wildman–Crippen LogP) is -0.385. The van der Waals surface area contributed by atoms with Gasteiger partial charge in [-0.2, -0.15) is 0 Å². The minimum Gasteiger partial charge on any atom is -0.370 e. The SMILES string of the molecule is NC(=NCCN1C(=O)C2C3C=CC(O3)C2C1=O)N=C([Se])Nc1ccccc1.NC(=NCCN1C(=O)C2C3C=CC(O3)C2C1=O)NC(=O)NCc1ccccc1. The van der Waals surface area contributed by atoms with E-state index in [9.17, 15) is 24.0 Å². The molecule has 4 fully saturated rings. The first-order valence-electron chi connectivity index (χ1n) is 17.7. The molecule has 8 unspecified atom stereocenters. The molecule has 4 saturated heterocycles. The number of anilines is 1. The Labute approximate surface area is 324 Å². The van der Waals surface area contributed by atoms with Gasteiger partial charge in [0.15, 0.2) is 5.96 Å². The van der Waals surface area contributed by atoms with E-state index < -0.39 is 29.7 Å². The number of rotatable bonds is 9. The van der Waals surface area contributed by atoms with Gasteiger partial charge in [-0.05, 0) is 5.56 Å². The van der Waals surface area contributed by atoms with Gasteiger partial charge in [-0.15, -0.1) is 0 Å². The first-order chi connectivity index (χ1) is 26.6. The molecule has 8 atom stereocenters. The van der Waals surface area contributed by atoms with Gasteiger partial charge in [-0.3, -0.25) is 24.8 Å². The molecule has 17 nitrogen and oxygen atoms in total. The average Bonchev–Trinajstić information content (AvgIpc) is 4.04. The van der Waals surface area contributed by atoms with E-state index in [2.05, 4.69) is 46.9 Å². The van der Waals surface area contributed by atoms with E-state index in [1.165, 1.54) is 9.80 Å². The first kappa shape index (κ1) is 37.6. The van der Waals surface area contributed by atoms with Crippen LogP contribution in [0.1, 0.15) is 5.56 Å². The Bertz CT molecular complexity index is 1930. The van der Waals surface area contributed by atoms with Crippen molar-refractivity contribution in [2.24, 2.45) is 50.1 Å². The van der Waals surface area contributed by atoms with E-state index in [1.54, 1.807) is 0 Å². The number of ether oxygens (including phenoxy) is 2. The molecule has 2 aromatic rings. The molecule has 6 aliphatic heterocycles.